The molecule has 0 rings (SSSR count). The van der Waals surface area contributed by atoms with Crippen molar-refractivity contribution in [3.05, 3.63) is 0 Å². The molecular formula is C3H7NO2S. The van der Waals surface area contributed by atoms with Crippen LogP contribution in [0.1, 0.15) is 6.92 Å². The third-order valence-corrected chi connectivity index (χ3v) is 0.549. The van der Waals surface area contributed by atoms with Gasteiger partial charge in [-0.15, -0.1) is 0 Å². The Labute approximate surface area is 45.0 Å². The molecule has 0 saturated carbocycles. The van der Waals surface area contributed by atoms with Gasteiger partial charge >= 0.3 is 0 Å². The molecule has 4 heteroatoms. The highest BCUT2D eigenvalue weighted by Gasteiger charge is 1.78. The molecule has 0 amide bonds. The minimum absolute atomic E-state index is 1.26. The molecular weight excluding hydrogens is 114 g/mol. The maximum Gasteiger partial charge on any atom is 0.229 e. The first kappa shape index (κ1) is 6.62. The Morgan fingerprint density at radius 3 is 2.57 bits per heavy atom. The molecule has 0 bridgehead atoms. The van der Waals surface area contributed by atoms with Crippen LogP contribution in [0.15, 0.2) is 5.16 Å². The summed E-state index contributed by atoms with van der Waals surface area (Å²) in [6.07, 6.45) is 2.84. The van der Waals surface area contributed by atoms with Crippen LogP contribution in [0, 0.1) is 0 Å². The largest absolute Gasteiger partial charge is 0.293 e. The fourth-order valence-electron chi connectivity index (χ4n) is 0.104. The van der Waals surface area contributed by atoms with Gasteiger partial charge in [0.15, 0.2) is 0 Å². The molecule has 0 fully saturated rings. The van der Waals surface area contributed by atoms with Crippen LogP contribution in [0.5, 0.6) is 0 Å². The quantitative estimate of drug-likeness (QED) is 0.389. The van der Waals surface area contributed by atoms with Crippen molar-refractivity contribution in [1.29, 1.82) is 0 Å². The molecule has 0 aliphatic heterocycles. The van der Waals surface area contributed by atoms with E-state index in [0.717, 1.165) is 0 Å². The number of oxime groups is 1. The topological polar surface area (TPSA) is 38.7 Å². The predicted molar refractivity (Wildman–Crippen MR) is 29.3 cm³/mol. The summed E-state index contributed by atoms with van der Waals surface area (Å²) in [5.41, 5.74) is 0. The van der Waals surface area contributed by atoms with Crippen molar-refractivity contribution in [2.75, 3.05) is 6.26 Å². The van der Waals surface area contributed by atoms with E-state index in [2.05, 4.69) is 9.44 Å². The fraction of sp³-hybridized carbons (Fsp3) is 0.667. The van der Waals surface area contributed by atoms with E-state index in [9.17, 15) is 4.21 Å². The van der Waals surface area contributed by atoms with Gasteiger partial charge in [0.1, 0.15) is 0 Å². The third-order valence-electron chi connectivity index (χ3n) is 0.253. The average Bonchev–Trinajstić information content (AvgIpc) is 1.61. The molecule has 0 aliphatic carbocycles. The molecule has 42 valence electrons. The summed E-state index contributed by atoms with van der Waals surface area (Å²) in [7, 11) is 0. The van der Waals surface area contributed by atoms with Gasteiger partial charge in [-0.2, -0.15) is 0 Å². The van der Waals surface area contributed by atoms with E-state index in [-0.39, 0.29) is 0 Å². The van der Waals surface area contributed by atoms with Crippen LogP contribution in [-0.4, -0.2) is 16.7 Å². The minimum Gasteiger partial charge on any atom is -0.293 e. The summed E-state index contributed by atoms with van der Waals surface area (Å²) >= 11 is -1.26. The molecule has 0 radical (unpaired) electrons. The van der Waals surface area contributed by atoms with E-state index in [1.807, 2.05) is 0 Å². The van der Waals surface area contributed by atoms with Crippen molar-refractivity contribution in [2.45, 2.75) is 6.92 Å². The van der Waals surface area contributed by atoms with Gasteiger partial charge in [-0.3, -0.25) is 4.28 Å². The summed E-state index contributed by atoms with van der Waals surface area (Å²) in [5.74, 6) is 0. The Kier molecular flexibility index (Phi) is 3.59. The Hall–Kier alpha value is -0.380. The van der Waals surface area contributed by atoms with Crippen LogP contribution < -0.4 is 0 Å². The lowest BCUT2D eigenvalue weighted by molar-refractivity contribution is 0.379. The molecule has 0 heterocycles. The number of hydrogen-bond donors (Lipinski definition) is 0. The van der Waals surface area contributed by atoms with Gasteiger partial charge in [-0.25, -0.2) is 4.21 Å². The molecule has 0 aromatic heterocycles. The maximum atomic E-state index is 9.98. The second kappa shape index (κ2) is 3.80. The highest BCUT2D eigenvalue weighted by atomic mass is 32.2. The van der Waals surface area contributed by atoms with Crippen LogP contribution in [-0.2, 0) is 15.4 Å². The molecule has 0 aromatic carbocycles. The Bertz CT molecular complexity index is 90.9. The van der Waals surface area contributed by atoms with E-state index < -0.39 is 11.1 Å². The molecule has 0 saturated heterocycles. The third kappa shape index (κ3) is 5.62. The second-order valence-corrected chi connectivity index (χ2v) is 1.79. The first-order valence-electron chi connectivity index (χ1n) is 1.76. The van der Waals surface area contributed by atoms with Crippen molar-refractivity contribution in [3.8, 4) is 0 Å². The first-order chi connectivity index (χ1) is 3.27. The lowest BCUT2D eigenvalue weighted by atomic mass is 10.9. The van der Waals surface area contributed by atoms with Crippen LogP contribution in [0.3, 0.4) is 0 Å². The maximum absolute atomic E-state index is 9.98. The first-order valence-corrected chi connectivity index (χ1v) is 3.24. The van der Waals surface area contributed by atoms with E-state index >= 15 is 0 Å². The summed E-state index contributed by atoms with van der Waals surface area (Å²) in [4.78, 5) is 0. The van der Waals surface area contributed by atoms with E-state index in [1.54, 1.807) is 6.92 Å². The Morgan fingerprint density at radius 1 is 1.86 bits per heavy atom. The average molecular weight is 121 g/mol. The van der Waals surface area contributed by atoms with Crippen LogP contribution >= 0.6 is 0 Å². The van der Waals surface area contributed by atoms with Gasteiger partial charge in [0.2, 0.25) is 11.1 Å². The highest BCUT2D eigenvalue weighted by Crippen LogP contribution is 1.75. The van der Waals surface area contributed by atoms with Crippen molar-refractivity contribution >= 4 is 17.3 Å². The molecule has 0 spiro atoms. The Morgan fingerprint density at radius 2 is 2.43 bits per heavy atom. The summed E-state index contributed by atoms with van der Waals surface area (Å²) in [5, 5.41) is 3.25. The highest BCUT2D eigenvalue weighted by molar-refractivity contribution is 7.79. The zero-order valence-corrected chi connectivity index (χ0v) is 5.07. The normalized spacial score (nSPS) is 14.6. The Balaban J connectivity index is 3.14. The number of nitrogens with zero attached hydrogens (tertiary/aromatic N) is 1. The summed E-state index contributed by atoms with van der Waals surface area (Å²) in [6, 6.07) is 0. The van der Waals surface area contributed by atoms with Gasteiger partial charge in [-0.05, 0) is 6.92 Å². The standard InChI is InChI=1S/C3H7NO2S/c1-3-4-6-7(2)5/h3H,1-2H3/b4-3-. The van der Waals surface area contributed by atoms with Crippen LogP contribution in [0.2, 0.25) is 0 Å². The molecule has 0 aromatic rings. The molecule has 1 unspecified atom stereocenters. The van der Waals surface area contributed by atoms with Gasteiger partial charge in [0.05, 0.1) is 6.26 Å². The second-order valence-electron chi connectivity index (χ2n) is 0.840. The van der Waals surface area contributed by atoms with Crippen molar-refractivity contribution in [1.82, 2.24) is 0 Å². The van der Waals surface area contributed by atoms with Crippen molar-refractivity contribution in [3.63, 3.8) is 0 Å². The van der Waals surface area contributed by atoms with Crippen LogP contribution in [0.4, 0.5) is 0 Å². The van der Waals surface area contributed by atoms with Crippen LogP contribution in [0.25, 0.3) is 0 Å². The zero-order valence-electron chi connectivity index (χ0n) is 4.25. The fourth-order valence-corrected chi connectivity index (χ4v) is 0.311. The zero-order chi connectivity index (χ0) is 5.70. The molecule has 1 atom stereocenters. The SMILES string of the molecule is C/C=N\OS(C)=O. The summed E-state index contributed by atoms with van der Waals surface area (Å²) < 4.78 is 14.2. The number of rotatable bonds is 2. The van der Waals surface area contributed by atoms with Crippen molar-refractivity contribution in [2.24, 2.45) is 5.16 Å². The monoisotopic (exact) mass is 121 g/mol. The minimum atomic E-state index is -1.26. The molecule has 0 aliphatic rings. The van der Waals surface area contributed by atoms with Gasteiger partial charge in [-0.1, -0.05) is 5.16 Å². The smallest absolute Gasteiger partial charge is 0.229 e. The number of hydrogen-bond acceptors (Lipinski definition) is 3. The van der Waals surface area contributed by atoms with Crippen molar-refractivity contribution < 1.29 is 8.49 Å². The van der Waals surface area contributed by atoms with E-state index in [4.69, 9.17) is 0 Å². The lowest BCUT2D eigenvalue weighted by Gasteiger charge is -1.83. The molecule has 0 N–H and O–H groups in total. The molecule has 3 nitrogen and oxygen atoms in total. The van der Waals surface area contributed by atoms with Gasteiger partial charge in [0.25, 0.3) is 0 Å². The van der Waals surface area contributed by atoms with Gasteiger partial charge in [0, 0.05) is 6.21 Å². The predicted octanol–water partition coefficient (Wildman–Crippen LogP) is 0.302. The van der Waals surface area contributed by atoms with E-state index in [0.29, 0.717) is 0 Å². The van der Waals surface area contributed by atoms with E-state index in [1.165, 1.54) is 12.5 Å². The molecule has 7 heavy (non-hydrogen) atoms. The van der Waals surface area contributed by atoms with Gasteiger partial charge < -0.3 is 0 Å². The summed E-state index contributed by atoms with van der Waals surface area (Å²) in [6.45, 7) is 1.69. The lowest BCUT2D eigenvalue weighted by Crippen LogP contribution is -1.84.